The predicted molar refractivity (Wildman–Crippen MR) is 160 cm³/mol. The molecule has 0 atom stereocenters. The van der Waals surface area contributed by atoms with Crippen molar-refractivity contribution in [3.8, 4) is 0 Å². The number of benzene rings is 4. The molecule has 2 N–H and O–H groups in total. The predicted octanol–water partition coefficient (Wildman–Crippen LogP) is 9.31. The van der Waals surface area contributed by atoms with Crippen LogP contribution in [0.4, 0.5) is 11.4 Å². The van der Waals surface area contributed by atoms with Crippen LogP contribution < -0.4 is 9.81 Å². The fourth-order valence-electron chi connectivity index (χ4n) is 3.44. The van der Waals surface area contributed by atoms with E-state index in [1.54, 1.807) is 48.5 Å². The standard InChI is InChI=1S/C28H22Cl3N2O3PS/c29-25-13-7-8-14-28(25)33-38(35,36)24-17-15-23(16-18-24)32-37(34,19-26(30)21-9-3-1-4-10-21)20-27(31)22-11-5-2-6-12-22/h1-20,33H,(H,32,34)/b26-19-,27-20-. The topological polar surface area (TPSA) is 75.3 Å². The highest BCUT2D eigenvalue weighted by Crippen LogP contribution is 2.53. The molecule has 0 aliphatic carbocycles. The van der Waals surface area contributed by atoms with E-state index in [0.29, 0.717) is 16.8 Å². The Kier molecular flexibility index (Phi) is 9.03. The summed E-state index contributed by atoms with van der Waals surface area (Å²) in [5, 5.41) is 3.82. The van der Waals surface area contributed by atoms with Crippen LogP contribution in [0.5, 0.6) is 0 Å². The quantitative estimate of drug-likeness (QED) is 0.187. The molecule has 194 valence electrons. The van der Waals surface area contributed by atoms with Gasteiger partial charge < -0.3 is 5.09 Å². The van der Waals surface area contributed by atoms with Gasteiger partial charge in [0.15, 0.2) is 0 Å². The number of halogens is 3. The van der Waals surface area contributed by atoms with Crippen LogP contribution >= 0.6 is 42.1 Å². The minimum Gasteiger partial charge on any atom is -0.330 e. The zero-order valence-electron chi connectivity index (χ0n) is 19.8. The summed E-state index contributed by atoms with van der Waals surface area (Å²) in [6.07, 6.45) is 0. The number of hydrogen-bond acceptors (Lipinski definition) is 3. The highest BCUT2D eigenvalue weighted by atomic mass is 35.5. The Labute approximate surface area is 237 Å². The van der Waals surface area contributed by atoms with Gasteiger partial charge in [-0.15, -0.1) is 0 Å². The van der Waals surface area contributed by atoms with Crippen molar-refractivity contribution in [2.45, 2.75) is 4.90 Å². The second-order valence-electron chi connectivity index (χ2n) is 8.12. The SMILES string of the molecule is O=P(/C=C(\Cl)c1ccccc1)(/C=C(\Cl)c1ccccc1)Nc1ccc(S(=O)(=O)Nc2ccccc2Cl)cc1. The van der Waals surface area contributed by atoms with Gasteiger partial charge in [-0.05, 0) is 47.5 Å². The van der Waals surface area contributed by atoms with Gasteiger partial charge in [0.2, 0.25) is 7.29 Å². The lowest BCUT2D eigenvalue weighted by atomic mass is 10.2. The molecule has 10 heteroatoms. The Morgan fingerprint density at radius 1 is 0.684 bits per heavy atom. The van der Waals surface area contributed by atoms with E-state index in [9.17, 15) is 13.0 Å². The molecule has 5 nitrogen and oxygen atoms in total. The van der Waals surface area contributed by atoms with Gasteiger partial charge >= 0.3 is 0 Å². The maximum atomic E-state index is 14.1. The molecule has 4 aromatic carbocycles. The minimum absolute atomic E-state index is 0.00789. The van der Waals surface area contributed by atoms with Crippen LogP contribution in [0.1, 0.15) is 11.1 Å². The number of nitrogens with one attached hydrogen (secondary N) is 2. The highest BCUT2D eigenvalue weighted by molar-refractivity contribution is 7.92. The van der Waals surface area contributed by atoms with Crippen LogP contribution in [0.3, 0.4) is 0 Å². The van der Waals surface area contributed by atoms with E-state index >= 15 is 0 Å². The van der Waals surface area contributed by atoms with Crippen LogP contribution in [-0.4, -0.2) is 8.42 Å². The van der Waals surface area contributed by atoms with Gasteiger partial charge in [0.05, 0.1) is 25.7 Å². The summed E-state index contributed by atoms with van der Waals surface area (Å²) in [7, 11) is -7.43. The molecule has 4 rings (SSSR count). The molecule has 0 heterocycles. The second kappa shape index (κ2) is 12.2. The van der Waals surface area contributed by atoms with E-state index in [0.717, 1.165) is 0 Å². The normalized spacial score (nSPS) is 12.7. The van der Waals surface area contributed by atoms with Gasteiger partial charge in [0, 0.05) is 17.3 Å². The number of hydrogen-bond donors (Lipinski definition) is 2. The number of sulfonamides is 1. The first-order valence-electron chi connectivity index (χ1n) is 11.3. The molecule has 0 radical (unpaired) electrons. The summed E-state index contributed by atoms with van der Waals surface area (Å²) < 4.78 is 42.3. The smallest absolute Gasteiger partial charge is 0.261 e. The third-order valence-corrected chi connectivity index (χ3v) is 9.86. The molecule has 0 saturated carbocycles. The Hall–Kier alpha value is -2.99. The monoisotopic (exact) mass is 602 g/mol. The summed E-state index contributed by atoms with van der Waals surface area (Å²) in [6.45, 7) is 0. The number of para-hydroxylation sites is 1. The van der Waals surface area contributed by atoms with Crippen molar-refractivity contribution in [2.24, 2.45) is 0 Å². The summed E-state index contributed by atoms with van der Waals surface area (Å²) >= 11 is 19.2. The van der Waals surface area contributed by atoms with E-state index in [1.165, 1.54) is 35.9 Å². The molecule has 0 bridgehead atoms. The molecule has 0 amide bonds. The average molecular weight is 604 g/mol. The molecule has 0 saturated heterocycles. The molecule has 0 aliphatic rings. The molecule has 38 heavy (non-hydrogen) atoms. The van der Waals surface area contributed by atoms with E-state index in [4.69, 9.17) is 34.8 Å². The maximum Gasteiger partial charge on any atom is 0.261 e. The Balaban J connectivity index is 1.65. The summed E-state index contributed by atoms with van der Waals surface area (Å²) in [5.41, 5.74) is 2.05. The van der Waals surface area contributed by atoms with Crippen LogP contribution in [-0.2, 0) is 14.6 Å². The number of anilines is 2. The maximum absolute atomic E-state index is 14.1. The first kappa shape index (κ1) is 28.0. The Bertz CT molecular complexity index is 1570. The average Bonchev–Trinajstić information content (AvgIpc) is 2.91. The Morgan fingerprint density at radius 2 is 1.16 bits per heavy atom. The zero-order valence-corrected chi connectivity index (χ0v) is 23.7. The lowest BCUT2D eigenvalue weighted by Gasteiger charge is -2.16. The zero-order chi connectivity index (χ0) is 27.2. The first-order valence-corrected chi connectivity index (χ1v) is 15.7. The second-order valence-corrected chi connectivity index (χ2v) is 13.2. The van der Waals surface area contributed by atoms with Gasteiger partial charge in [-0.1, -0.05) is 108 Å². The third-order valence-electron chi connectivity index (χ3n) is 5.30. The summed E-state index contributed by atoms with van der Waals surface area (Å²) in [5.74, 6) is 2.86. The molecular weight excluding hydrogens is 582 g/mol. The van der Waals surface area contributed by atoms with Crippen molar-refractivity contribution in [2.75, 3.05) is 9.81 Å². The van der Waals surface area contributed by atoms with E-state index < -0.39 is 17.3 Å². The summed E-state index contributed by atoms with van der Waals surface area (Å²) in [4.78, 5) is 0.00789. The van der Waals surface area contributed by atoms with Crippen molar-refractivity contribution in [1.82, 2.24) is 0 Å². The first-order chi connectivity index (χ1) is 18.2. The van der Waals surface area contributed by atoms with Crippen molar-refractivity contribution in [3.63, 3.8) is 0 Å². The molecule has 0 fully saturated rings. The molecule has 0 aromatic heterocycles. The van der Waals surface area contributed by atoms with Crippen LogP contribution in [0.2, 0.25) is 5.02 Å². The lowest BCUT2D eigenvalue weighted by Crippen LogP contribution is -2.13. The molecular formula is C28H22Cl3N2O3PS. The van der Waals surface area contributed by atoms with E-state index in [-0.39, 0.29) is 25.7 Å². The third kappa shape index (κ3) is 7.31. The van der Waals surface area contributed by atoms with E-state index in [1.807, 2.05) is 36.4 Å². The van der Waals surface area contributed by atoms with Gasteiger partial charge in [-0.3, -0.25) is 9.29 Å². The minimum atomic E-state index is -3.90. The molecule has 0 unspecified atom stereocenters. The van der Waals surface area contributed by atoms with Crippen LogP contribution in [0.15, 0.2) is 126 Å². The Morgan fingerprint density at radius 3 is 1.66 bits per heavy atom. The molecule has 0 aliphatic heterocycles. The fraction of sp³-hybridized carbons (Fsp3) is 0. The van der Waals surface area contributed by atoms with Crippen molar-refractivity contribution < 1.29 is 13.0 Å². The summed E-state index contributed by atoms with van der Waals surface area (Å²) in [6, 6.07) is 30.6. The van der Waals surface area contributed by atoms with Crippen molar-refractivity contribution in [1.29, 1.82) is 0 Å². The lowest BCUT2D eigenvalue weighted by molar-refractivity contribution is 0.589. The van der Waals surface area contributed by atoms with Gasteiger partial charge in [0.1, 0.15) is 0 Å². The largest absolute Gasteiger partial charge is 0.330 e. The van der Waals surface area contributed by atoms with Gasteiger partial charge in [-0.2, -0.15) is 0 Å². The van der Waals surface area contributed by atoms with Crippen LogP contribution in [0, 0.1) is 0 Å². The number of rotatable bonds is 9. The van der Waals surface area contributed by atoms with Crippen LogP contribution in [0.25, 0.3) is 10.1 Å². The molecule has 4 aromatic rings. The van der Waals surface area contributed by atoms with Crippen molar-refractivity contribution >= 4 is 73.6 Å². The van der Waals surface area contributed by atoms with E-state index in [2.05, 4.69) is 9.81 Å². The van der Waals surface area contributed by atoms with Gasteiger partial charge in [-0.25, -0.2) is 8.42 Å². The van der Waals surface area contributed by atoms with Crippen molar-refractivity contribution in [3.05, 3.63) is 137 Å². The fourth-order valence-corrected chi connectivity index (χ4v) is 7.61. The van der Waals surface area contributed by atoms with Gasteiger partial charge in [0.25, 0.3) is 10.0 Å². The highest BCUT2D eigenvalue weighted by Gasteiger charge is 2.21. The molecule has 0 spiro atoms.